The predicted octanol–water partition coefficient (Wildman–Crippen LogP) is -1.14. The van der Waals surface area contributed by atoms with E-state index in [1.165, 1.54) is 6.21 Å². The molecule has 0 fully saturated rings. The zero-order valence-electron chi connectivity index (χ0n) is 6.21. The van der Waals surface area contributed by atoms with E-state index in [1.54, 1.807) is 0 Å². The molecule has 60 valence electrons. The highest BCUT2D eigenvalue weighted by Crippen LogP contribution is 1.81. The van der Waals surface area contributed by atoms with Gasteiger partial charge in [0.1, 0.15) is 0 Å². The summed E-state index contributed by atoms with van der Waals surface area (Å²) in [4.78, 5) is 2.05. The van der Waals surface area contributed by atoms with E-state index < -0.39 is 0 Å². The summed E-state index contributed by atoms with van der Waals surface area (Å²) in [5.41, 5.74) is 10.7. The first-order valence-electron chi connectivity index (χ1n) is 3.46. The number of rotatable bonds is 6. The molecule has 0 aliphatic heterocycles. The van der Waals surface area contributed by atoms with E-state index in [9.17, 15) is 0 Å². The highest BCUT2D eigenvalue weighted by Gasteiger charge is 1.97. The Labute approximate surface area is 61.7 Å². The fourth-order valence-electron chi connectivity index (χ4n) is 0.789. The molecule has 0 radical (unpaired) electrons. The van der Waals surface area contributed by atoms with Crippen LogP contribution in [0.3, 0.4) is 0 Å². The van der Waals surface area contributed by atoms with E-state index >= 15 is 0 Å². The van der Waals surface area contributed by atoms with Crippen LogP contribution in [0, 0.1) is 5.41 Å². The fourth-order valence-corrected chi connectivity index (χ4v) is 0.789. The molecule has 0 aromatic carbocycles. The van der Waals surface area contributed by atoms with Crippen molar-refractivity contribution in [1.29, 1.82) is 5.41 Å². The van der Waals surface area contributed by atoms with Gasteiger partial charge in [-0.2, -0.15) is 0 Å². The lowest BCUT2D eigenvalue weighted by Crippen LogP contribution is -2.35. The molecule has 0 amide bonds. The number of nitrogens with zero attached hydrogens (tertiary/aromatic N) is 1. The number of hydrogen-bond acceptors (Lipinski definition) is 4. The molecule has 0 saturated carbocycles. The van der Waals surface area contributed by atoms with Gasteiger partial charge in [0.25, 0.3) is 0 Å². The maximum atomic E-state index is 6.84. The molecule has 0 atom stereocenters. The Kier molecular flexibility index (Phi) is 6.37. The Balaban J connectivity index is 3.38. The van der Waals surface area contributed by atoms with Crippen molar-refractivity contribution in [3.05, 3.63) is 0 Å². The summed E-state index contributed by atoms with van der Waals surface area (Å²) in [7, 11) is 0. The molecule has 4 nitrogen and oxygen atoms in total. The highest BCUT2D eigenvalue weighted by molar-refractivity contribution is 5.55. The Morgan fingerprint density at radius 3 is 2.00 bits per heavy atom. The lowest BCUT2D eigenvalue weighted by molar-refractivity contribution is 0.331. The van der Waals surface area contributed by atoms with Crippen molar-refractivity contribution >= 4 is 6.21 Å². The van der Waals surface area contributed by atoms with Crippen molar-refractivity contribution in [3.63, 3.8) is 0 Å². The normalized spacial score (nSPS) is 10.3. The lowest BCUT2D eigenvalue weighted by atomic mass is 10.4. The Hall–Kier alpha value is -0.450. The fraction of sp³-hybridized carbons (Fsp3) is 0.833. The third kappa shape index (κ3) is 4.43. The van der Waals surface area contributed by atoms with Gasteiger partial charge in [-0.15, -0.1) is 0 Å². The van der Waals surface area contributed by atoms with Gasteiger partial charge >= 0.3 is 0 Å². The molecule has 5 N–H and O–H groups in total. The highest BCUT2D eigenvalue weighted by atomic mass is 15.1. The summed E-state index contributed by atoms with van der Waals surface area (Å²) < 4.78 is 0. The molecule has 0 heterocycles. The van der Waals surface area contributed by atoms with Crippen LogP contribution in [-0.2, 0) is 0 Å². The second kappa shape index (κ2) is 6.67. The van der Waals surface area contributed by atoms with Gasteiger partial charge in [0.15, 0.2) is 0 Å². The third-order valence-corrected chi connectivity index (χ3v) is 1.24. The predicted molar refractivity (Wildman–Crippen MR) is 43.3 cm³/mol. The minimum absolute atomic E-state index is 0.633. The summed E-state index contributed by atoms with van der Waals surface area (Å²) in [6.45, 7) is 3.58. The Bertz CT molecular complexity index is 77.8. The zero-order chi connectivity index (χ0) is 7.82. The molecule has 4 heteroatoms. The van der Waals surface area contributed by atoms with Gasteiger partial charge < -0.3 is 16.9 Å². The van der Waals surface area contributed by atoms with Crippen LogP contribution in [0.15, 0.2) is 0 Å². The van der Waals surface area contributed by atoms with Crippen LogP contribution in [0.25, 0.3) is 0 Å². The van der Waals surface area contributed by atoms with Crippen LogP contribution < -0.4 is 11.5 Å². The van der Waals surface area contributed by atoms with Crippen LogP contribution in [0.1, 0.15) is 0 Å². The van der Waals surface area contributed by atoms with Crippen molar-refractivity contribution in [2.24, 2.45) is 11.5 Å². The van der Waals surface area contributed by atoms with Crippen LogP contribution in [0.2, 0.25) is 0 Å². The first kappa shape index (κ1) is 9.55. The molecule has 10 heavy (non-hydrogen) atoms. The molecule has 0 aromatic heterocycles. The van der Waals surface area contributed by atoms with Crippen LogP contribution in [-0.4, -0.2) is 43.8 Å². The minimum atomic E-state index is 0.633. The van der Waals surface area contributed by atoms with E-state index in [4.69, 9.17) is 16.9 Å². The monoisotopic (exact) mass is 144 g/mol. The summed E-state index contributed by atoms with van der Waals surface area (Å²) >= 11 is 0. The molecular formula is C6H16N4. The SMILES string of the molecule is N=CCN(CCN)CCN. The molecule has 0 aliphatic rings. The summed E-state index contributed by atoms with van der Waals surface area (Å²) in [5.74, 6) is 0. The topological polar surface area (TPSA) is 79.1 Å². The lowest BCUT2D eigenvalue weighted by Gasteiger charge is -2.17. The summed E-state index contributed by atoms with van der Waals surface area (Å²) in [6, 6.07) is 0. The van der Waals surface area contributed by atoms with E-state index in [0.29, 0.717) is 19.6 Å². The van der Waals surface area contributed by atoms with Crippen LogP contribution in [0.4, 0.5) is 0 Å². The van der Waals surface area contributed by atoms with Gasteiger partial charge in [-0.25, -0.2) is 0 Å². The molecule has 0 aromatic rings. The molecule has 0 spiro atoms. The van der Waals surface area contributed by atoms with Crippen molar-refractivity contribution < 1.29 is 0 Å². The zero-order valence-corrected chi connectivity index (χ0v) is 6.21. The first-order valence-corrected chi connectivity index (χ1v) is 3.46. The van der Waals surface area contributed by atoms with Gasteiger partial charge in [0.2, 0.25) is 0 Å². The first-order chi connectivity index (χ1) is 4.85. The largest absolute Gasteiger partial charge is 0.329 e. The number of nitrogens with two attached hydrogens (primary N) is 2. The van der Waals surface area contributed by atoms with Crippen LogP contribution >= 0.6 is 0 Å². The maximum Gasteiger partial charge on any atom is 0.0331 e. The van der Waals surface area contributed by atoms with Crippen LogP contribution in [0.5, 0.6) is 0 Å². The second-order valence-corrected chi connectivity index (χ2v) is 2.08. The quantitative estimate of drug-likeness (QED) is 0.412. The molecule has 0 unspecified atom stereocenters. The van der Waals surface area contributed by atoms with Crippen molar-refractivity contribution in [1.82, 2.24) is 4.90 Å². The summed E-state index contributed by atoms with van der Waals surface area (Å²) in [6.07, 6.45) is 1.37. The molecule has 0 bridgehead atoms. The van der Waals surface area contributed by atoms with Crippen molar-refractivity contribution in [2.45, 2.75) is 0 Å². The molecular weight excluding hydrogens is 128 g/mol. The van der Waals surface area contributed by atoms with Gasteiger partial charge in [0, 0.05) is 38.9 Å². The minimum Gasteiger partial charge on any atom is -0.329 e. The second-order valence-electron chi connectivity index (χ2n) is 2.08. The molecule has 0 saturated heterocycles. The smallest absolute Gasteiger partial charge is 0.0331 e. The third-order valence-electron chi connectivity index (χ3n) is 1.24. The standard InChI is InChI=1S/C6H16N4/c7-1-4-10(5-2-8)6-3-9/h1,7H,2-6,8-9H2. The number of hydrogen-bond donors (Lipinski definition) is 3. The average molecular weight is 144 g/mol. The van der Waals surface area contributed by atoms with Gasteiger partial charge in [-0.05, 0) is 0 Å². The molecule has 0 aliphatic carbocycles. The Morgan fingerprint density at radius 2 is 1.70 bits per heavy atom. The van der Waals surface area contributed by atoms with E-state index in [0.717, 1.165) is 13.1 Å². The molecule has 0 rings (SSSR count). The van der Waals surface area contributed by atoms with E-state index in [2.05, 4.69) is 0 Å². The summed E-state index contributed by atoms with van der Waals surface area (Å²) in [5, 5.41) is 6.84. The van der Waals surface area contributed by atoms with E-state index in [1.807, 2.05) is 4.90 Å². The van der Waals surface area contributed by atoms with Crippen molar-refractivity contribution in [2.75, 3.05) is 32.7 Å². The van der Waals surface area contributed by atoms with Gasteiger partial charge in [0.05, 0.1) is 0 Å². The van der Waals surface area contributed by atoms with Gasteiger partial charge in [-0.1, -0.05) is 0 Å². The Morgan fingerprint density at radius 1 is 1.20 bits per heavy atom. The average Bonchev–Trinajstić information content (AvgIpc) is 1.90. The maximum absolute atomic E-state index is 6.84. The van der Waals surface area contributed by atoms with Gasteiger partial charge in [-0.3, -0.25) is 4.90 Å². The van der Waals surface area contributed by atoms with Crippen molar-refractivity contribution in [3.8, 4) is 0 Å². The number of nitrogens with one attached hydrogen (secondary N) is 1. The van der Waals surface area contributed by atoms with E-state index in [-0.39, 0.29) is 0 Å².